The van der Waals surface area contributed by atoms with Crippen molar-refractivity contribution >= 4 is 65.0 Å². The fourth-order valence-electron chi connectivity index (χ4n) is 11.6. The third kappa shape index (κ3) is 19.6. The first-order valence-electron chi connectivity index (χ1n) is 31.0. The summed E-state index contributed by atoms with van der Waals surface area (Å²) in [5.41, 5.74) is 0. The first-order valence-corrected chi connectivity index (χ1v) is 31.0. The molecule has 0 aromatic carbocycles. The van der Waals surface area contributed by atoms with Crippen LogP contribution in [-0.4, -0.2) is 228 Å². The predicted molar refractivity (Wildman–Crippen MR) is 327 cm³/mol. The molecule has 23 nitrogen and oxygen atoms in total. The zero-order chi connectivity index (χ0) is 65.6. The van der Waals surface area contributed by atoms with Crippen molar-refractivity contribution in [1.29, 1.82) is 0 Å². The van der Waals surface area contributed by atoms with E-state index in [1.807, 2.05) is 62.3 Å². The topological polar surface area (TPSA) is 268 Å². The van der Waals surface area contributed by atoms with Gasteiger partial charge in [0.25, 0.3) is 0 Å². The van der Waals surface area contributed by atoms with Crippen LogP contribution < -0.4 is 21.3 Å². The van der Waals surface area contributed by atoms with Crippen molar-refractivity contribution in [3.05, 3.63) is 0 Å². The van der Waals surface area contributed by atoms with Crippen LogP contribution in [0.4, 0.5) is 0 Å². The lowest BCUT2D eigenvalue weighted by Crippen LogP contribution is -2.63. The number of ether oxygens (including phenoxy) is 1. The van der Waals surface area contributed by atoms with Crippen molar-refractivity contribution in [2.45, 2.75) is 235 Å². The molecule has 0 spiro atoms. The number of likely N-dealkylation sites (N-methyl/N-ethyl adjacent to an activating group) is 7. The van der Waals surface area contributed by atoms with Crippen LogP contribution >= 0.6 is 0 Å². The number of carbonyl (C=O) groups excluding carboxylic acids is 11. The monoisotopic (exact) mass is 1200 g/mol. The zero-order valence-electron chi connectivity index (χ0n) is 56.2. The van der Waals surface area contributed by atoms with Gasteiger partial charge in [0.05, 0.1) is 6.10 Å². The summed E-state index contributed by atoms with van der Waals surface area (Å²) in [5.74, 6) is -8.56. The number of hydrogen-bond donors (Lipinski definition) is 4. The lowest BCUT2D eigenvalue weighted by Gasteiger charge is -2.41. The number of nitrogens with zero attached hydrogens (tertiary/aromatic N) is 7. The van der Waals surface area contributed by atoms with Crippen LogP contribution in [0, 0.1) is 41.4 Å². The van der Waals surface area contributed by atoms with Gasteiger partial charge in [0.15, 0.2) is 0 Å². The molecule has 11 amide bonds. The fourth-order valence-corrected chi connectivity index (χ4v) is 11.6. The second-order valence-corrected chi connectivity index (χ2v) is 26.5. The standard InChI is InChI=1S/C62H111N11O12/c1-25-42-57(79)67(18)43(26-2)58(80)68(19)45(30-34(5)6)54(76)66-48(37(11)12)61(83)69(20)44(29-33(3)4)53(75)63-40(16)52(74)64-41(17)56(78)70(21)46(31-35(7)8)59(81)71(22)47(32-36(9)10)60(82)72(23)49(38(13)14)62(84)73(24)50(55(77)65-42)51-39(15)27-28-85-51/h33-51H,25-32H2,1-24H3,(H,63,75)(H,64,74)(H,65,77)(H,66,76)/t39-,40-,41-,42-,43-,44-,45+,46-,47-,48-,49-,50-,51-/m1/s1. The van der Waals surface area contributed by atoms with E-state index in [9.17, 15) is 43.2 Å². The molecular weight excluding hydrogens is 1090 g/mol. The predicted octanol–water partition coefficient (Wildman–Crippen LogP) is 3.51. The minimum absolute atomic E-state index is 0.0857. The third-order valence-electron chi connectivity index (χ3n) is 16.9. The van der Waals surface area contributed by atoms with E-state index in [-0.39, 0.29) is 68.1 Å². The molecule has 2 rings (SSSR count). The zero-order valence-corrected chi connectivity index (χ0v) is 56.2. The number of rotatable bonds is 13. The molecule has 85 heavy (non-hydrogen) atoms. The van der Waals surface area contributed by atoms with E-state index in [1.165, 1.54) is 97.5 Å². The average molecular weight is 1200 g/mol. The highest BCUT2D eigenvalue weighted by molar-refractivity contribution is 6.00. The highest BCUT2D eigenvalue weighted by atomic mass is 16.5. The van der Waals surface area contributed by atoms with Crippen LogP contribution in [0.3, 0.4) is 0 Å². The van der Waals surface area contributed by atoms with Gasteiger partial charge in [0, 0.05) is 55.9 Å². The highest BCUT2D eigenvalue weighted by Crippen LogP contribution is 2.29. The van der Waals surface area contributed by atoms with Gasteiger partial charge in [-0.05, 0) is 100 Å². The van der Waals surface area contributed by atoms with Crippen molar-refractivity contribution < 1.29 is 57.5 Å². The van der Waals surface area contributed by atoms with Gasteiger partial charge >= 0.3 is 0 Å². The van der Waals surface area contributed by atoms with E-state index in [4.69, 9.17) is 4.74 Å². The Labute approximate surface area is 508 Å². The van der Waals surface area contributed by atoms with Crippen LogP contribution in [-0.2, 0) is 57.5 Å². The average Bonchev–Trinajstić information content (AvgIpc) is 4.00. The molecule has 0 aromatic heterocycles. The second kappa shape index (κ2) is 33.3. The van der Waals surface area contributed by atoms with E-state index in [1.54, 1.807) is 41.5 Å². The summed E-state index contributed by atoms with van der Waals surface area (Å²) in [7, 11) is 10.3. The SMILES string of the molecule is CC[C@@H]1C(=O)N(C)[C@@H](CC(C)C)C(=O)N[C@H](C(C)C)C(=O)N(C)[C@H](CC(C)C)C(=O)N[C@H](C)C(=O)N[C@H](C)C(=O)N(C)[C@H](CC(C)C)C(=O)N(C)[C@H](CC(C)C)C(=O)N(C)[C@H](C(C)C)C(=O)N(C)[C@H]([C@@H]2OCC[C@H]2C)C(=O)N[C@H](CC)C(=O)N1C. The summed E-state index contributed by atoms with van der Waals surface area (Å²) in [5, 5.41) is 11.2. The Balaban J connectivity index is 2.98. The van der Waals surface area contributed by atoms with Gasteiger partial charge in [-0.1, -0.05) is 104 Å². The molecule has 2 heterocycles. The lowest BCUT2D eigenvalue weighted by atomic mass is 9.93. The summed E-state index contributed by atoms with van der Waals surface area (Å²) < 4.78 is 6.19. The Kier molecular flexibility index (Phi) is 29.5. The molecule has 13 atom stereocenters. The summed E-state index contributed by atoms with van der Waals surface area (Å²) in [6, 6.07) is -12.8. The van der Waals surface area contributed by atoms with Crippen molar-refractivity contribution in [1.82, 2.24) is 55.6 Å². The molecule has 2 aliphatic heterocycles. The summed E-state index contributed by atoms with van der Waals surface area (Å²) in [6.07, 6.45) is 0.668. The van der Waals surface area contributed by atoms with E-state index >= 15 is 9.59 Å². The van der Waals surface area contributed by atoms with Crippen LogP contribution in [0.15, 0.2) is 0 Å². The largest absolute Gasteiger partial charge is 0.375 e. The lowest BCUT2D eigenvalue weighted by molar-refractivity contribution is -0.157. The van der Waals surface area contributed by atoms with E-state index in [0.29, 0.717) is 13.0 Å². The Morgan fingerprint density at radius 2 is 0.800 bits per heavy atom. The first kappa shape index (κ1) is 75.2. The number of amides is 11. The molecular formula is C62H111N11O12. The van der Waals surface area contributed by atoms with E-state index in [2.05, 4.69) is 21.3 Å². The summed E-state index contributed by atoms with van der Waals surface area (Å²) >= 11 is 0. The van der Waals surface area contributed by atoms with Gasteiger partial charge < -0.3 is 60.3 Å². The maximum atomic E-state index is 15.2. The van der Waals surface area contributed by atoms with Gasteiger partial charge in [0.2, 0.25) is 65.0 Å². The molecule has 0 aromatic rings. The highest BCUT2D eigenvalue weighted by Gasteiger charge is 2.47. The maximum Gasteiger partial charge on any atom is 0.246 e. The normalized spacial score (nSPS) is 29.6. The molecule has 0 aliphatic carbocycles. The van der Waals surface area contributed by atoms with Gasteiger partial charge in [-0.15, -0.1) is 0 Å². The molecule has 2 fully saturated rings. The number of hydrogen-bond acceptors (Lipinski definition) is 12. The Hall–Kier alpha value is -5.87. The molecule has 0 radical (unpaired) electrons. The van der Waals surface area contributed by atoms with Crippen molar-refractivity contribution in [3.63, 3.8) is 0 Å². The molecule has 0 saturated carbocycles. The Bertz CT molecular complexity index is 2330. The van der Waals surface area contributed by atoms with Crippen LogP contribution in [0.5, 0.6) is 0 Å². The summed E-state index contributed by atoms with van der Waals surface area (Å²) in [4.78, 5) is 171. The molecule has 2 aliphatic rings. The minimum atomic E-state index is -1.29. The fraction of sp³-hybridized carbons (Fsp3) is 0.823. The van der Waals surface area contributed by atoms with Gasteiger partial charge in [-0.2, -0.15) is 0 Å². The molecule has 486 valence electrons. The third-order valence-corrected chi connectivity index (χ3v) is 16.9. The van der Waals surface area contributed by atoms with Crippen LogP contribution in [0.2, 0.25) is 0 Å². The first-order chi connectivity index (χ1) is 39.3. The Morgan fingerprint density at radius 1 is 0.400 bits per heavy atom. The molecule has 4 N–H and O–H groups in total. The molecule has 2 saturated heterocycles. The summed E-state index contributed by atoms with van der Waals surface area (Å²) in [6.45, 7) is 30.6. The van der Waals surface area contributed by atoms with E-state index in [0.717, 1.165) is 0 Å². The quantitative estimate of drug-likeness (QED) is 0.207. The van der Waals surface area contributed by atoms with Gasteiger partial charge in [-0.25, -0.2) is 0 Å². The van der Waals surface area contributed by atoms with Crippen LogP contribution in [0.25, 0.3) is 0 Å². The molecule has 0 bridgehead atoms. The molecule has 23 heteroatoms. The number of nitrogens with one attached hydrogen (secondary N) is 4. The maximum absolute atomic E-state index is 15.2. The van der Waals surface area contributed by atoms with Crippen molar-refractivity contribution in [2.24, 2.45) is 41.4 Å². The minimum Gasteiger partial charge on any atom is -0.375 e. The van der Waals surface area contributed by atoms with E-state index < -0.39 is 149 Å². The molecule has 0 unspecified atom stereocenters. The Morgan fingerprint density at radius 3 is 1.22 bits per heavy atom. The second-order valence-electron chi connectivity index (χ2n) is 26.5. The smallest absolute Gasteiger partial charge is 0.246 e. The van der Waals surface area contributed by atoms with Crippen molar-refractivity contribution in [2.75, 3.05) is 55.9 Å². The van der Waals surface area contributed by atoms with Gasteiger partial charge in [0.1, 0.15) is 66.5 Å². The van der Waals surface area contributed by atoms with Crippen LogP contribution in [0.1, 0.15) is 163 Å². The number of carbonyl (C=O) groups is 11. The van der Waals surface area contributed by atoms with Gasteiger partial charge in [-0.3, -0.25) is 52.7 Å². The van der Waals surface area contributed by atoms with Crippen molar-refractivity contribution in [3.8, 4) is 0 Å².